The highest BCUT2D eigenvalue weighted by Crippen LogP contribution is 2.20. The molecule has 0 bridgehead atoms. The number of carbonyl (C=O) groups excluding carboxylic acids is 1. The Labute approximate surface area is 155 Å². The minimum atomic E-state index is -3.24. The van der Waals surface area contributed by atoms with Gasteiger partial charge in [-0.25, -0.2) is 12.7 Å². The summed E-state index contributed by atoms with van der Waals surface area (Å²) in [7, 11) is -3.24. The molecule has 2 aliphatic rings. The highest BCUT2D eigenvalue weighted by Gasteiger charge is 2.29. The number of anilines is 1. The molecule has 1 aromatic carbocycles. The molecule has 2 aliphatic heterocycles. The predicted octanol–water partition coefficient (Wildman–Crippen LogP) is 0.811. The lowest BCUT2D eigenvalue weighted by atomic mass is 9.98. The van der Waals surface area contributed by atoms with Crippen molar-refractivity contribution in [2.24, 2.45) is 5.92 Å². The van der Waals surface area contributed by atoms with Crippen molar-refractivity contribution in [1.29, 1.82) is 0 Å². The topological polar surface area (TPSA) is 79.0 Å². The van der Waals surface area contributed by atoms with Gasteiger partial charge >= 0.3 is 0 Å². The lowest BCUT2D eigenvalue weighted by Gasteiger charge is -2.30. The van der Waals surface area contributed by atoms with Crippen LogP contribution in [0.1, 0.15) is 18.4 Å². The van der Waals surface area contributed by atoms with Crippen LogP contribution in [0.25, 0.3) is 0 Å². The van der Waals surface area contributed by atoms with Crippen LogP contribution in [-0.2, 0) is 26.1 Å². The van der Waals surface area contributed by atoms with E-state index in [-0.39, 0.29) is 18.4 Å². The number of benzene rings is 1. The van der Waals surface area contributed by atoms with E-state index in [1.54, 1.807) is 0 Å². The first kappa shape index (κ1) is 19.1. The Kier molecular flexibility index (Phi) is 6.16. The molecule has 1 N–H and O–H groups in total. The Morgan fingerprint density at radius 3 is 2.54 bits per heavy atom. The first-order valence-electron chi connectivity index (χ1n) is 9.08. The molecule has 1 aromatic rings. The zero-order chi connectivity index (χ0) is 18.6. The molecule has 2 fully saturated rings. The van der Waals surface area contributed by atoms with Crippen molar-refractivity contribution in [2.45, 2.75) is 19.4 Å². The number of hydrogen-bond donors (Lipinski definition) is 1. The molecule has 2 heterocycles. The molecule has 0 spiro atoms. The average molecular weight is 381 g/mol. The molecule has 3 rings (SSSR count). The van der Waals surface area contributed by atoms with Crippen LogP contribution in [0.2, 0.25) is 0 Å². The third-order valence-corrected chi connectivity index (χ3v) is 6.27. The summed E-state index contributed by atoms with van der Waals surface area (Å²) in [4.78, 5) is 14.7. The summed E-state index contributed by atoms with van der Waals surface area (Å²) < 4.78 is 30.1. The van der Waals surface area contributed by atoms with Crippen LogP contribution >= 0.6 is 0 Å². The maximum atomic E-state index is 12.4. The number of piperidine rings is 1. The number of hydrogen-bond acceptors (Lipinski definition) is 5. The lowest BCUT2D eigenvalue weighted by Crippen LogP contribution is -2.44. The van der Waals surface area contributed by atoms with E-state index >= 15 is 0 Å². The van der Waals surface area contributed by atoms with Gasteiger partial charge in [0, 0.05) is 38.4 Å². The molecule has 26 heavy (non-hydrogen) atoms. The monoisotopic (exact) mass is 381 g/mol. The number of rotatable bonds is 5. The predicted molar refractivity (Wildman–Crippen MR) is 100 cm³/mol. The first-order chi connectivity index (χ1) is 12.4. The van der Waals surface area contributed by atoms with Crippen molar-refractivity contribution in [2.75, 3.05) is 50.5 Å². The second-order valence-corrected chi connectivity index (χ2v) is 8.93. The van der Waals surface area contributed by atoms with Crippen LogP contribution < -0.4 is 10.2 Å². The fourth-order valence-corrected chi connectivity index (χ4v) is 4.35. The number of morpholine rings is 1. The number of sulfonamides is 1. The largest absolute Gasteiger partial charge is 0.378 e. The number of nitrogens with one attached hydrogen (secondary N) is 1. The average Bonchev–Trinajstić information content (AvgIpc) is 2.66. The van der Waals surface area contributed by atoms with Crippen LogP contribution in [0.5, 0.6) is 0 Å². The minimum absolute atomic E-state index is 0.0735. The van der Waals surface area contributed by atoms with Gasteiger partial charge in [0.15, 0.2) is 0 Å². The molecule has 144 valence electrons. The zero-order valence-corrected chi connectivity index (χ0v) is 16.0. The van der Waals surface area contributed by atoms with Gasteiger partial charge in [0.25, 0.3) is 0 Å². The van der Waals surface area contributed by atoms with Crippen molar-refractivity contribution in [1.82, 2.24) is 9.62 Å². The van der Waals surface area contributed by atoms with Crippen LogP contribution in [0, 0.1) is 5.92 Å². The molecule has 1 amide bonds. The SMILES string of the molecule is CS(=O)(=O)N1CCCC(C(=O)NCc2ccc(N3CCOCC3)cc2)C1. The summed E-state index contributed by atoms with van der Waals surface area (Å²) >= 11 is 0. The third kappa shape index (κ3) is 4.96. The minimum Gasteiger partial charge on any atom is -0.378 e. The van der Waals surface area contributed by atoms with E-state index in [0.29, 0.717) is 13.1 Å². The smallest absolute Gasteiger partial charge is 0.224 e. The Morgan fingerprint density at radius 1 is 1.19 bits per heavy atom. The van der Waals surface area contributed by atoms with E-state index in [9.17, 15) is 13.2 Å². The van der Waals surface area contributed by atoms with Crippen molar-refractivity contribution in [3.05, 3.63) is 29.8 Å². The quantitative estimate of drug-likeness (QED) is 0.817. The van der Waals surface area contributed by atoms with Crippen LogP contribution in [0.15, 0.2) is 24.3 Å². The zero-order valence-electron chi connectivity index (χ0n) is 15.2. The second kappa shape index (κ2) is 8.37. The molecule has 0 aliphatic carbocycles. The second-order valence-electron chi connectivity index (χ2n) is 6.94. The number of amides is 1. The first-order valence-corrected chi connectivity index (χ1v) is 10.9. The number of nitrogens with zero attached hydrogens (tertiary/aromatic N) is 2. The Bertz CT molecular complexity index is 714. The fraction of sp³-hybridized carbons (Fsp3) is 0.611. The van der Waals surface area contributed by atoms with Crippen LogP contribution in [0.3, 0.4) is 0 Å². The van der Waals surface area contributed by atoms with E-state index in [1.165, 1.54) is 16.2 Å². The Morgan fingerprint density at radius 2 is 1.88 bits per heavy atom. The van der Waals surface area contributed by atoms with Gasteiger partial charge in [-0.3, -0.25) is 4.79 Å². The van der Waals surface area contributed by atoms with Crippen LogP contribution in [0.4, 0.5) is 5.69 Å². The summed E-state index contributed by atoms with van der Waals surface area (Å²) in [6, 6.07) is 8.18. The van der Waals surface area contributed by atoms with E-state index in [1.807, 2.05) is 12.1 Å². The van der Waals surface area contributed by atoms with Gasteiger partial charge in [-0.05, 0) is 30.5 Å². The molecular weight excluding hydrogens is 354 g/mol. The number of carbonyl (C=O) groups is 1. The van der Waals surface area contributed by atoms with Gasteiger partial charge in [-0.1, -0.05) is 12.1 Å². The highest BCUT2D eigenvalue weighted by molar-refractivity contribution is 7.88. The fourth-order valence-electron chi connectivity index (χ4n) is 3.44. The molecule has 0 radical (unpaired) electrons. The Hall–Kier alpha value is -1.64. The van der Waals surface area contributed by atoms with E-state index in [0.717, 1.165) is 44.7 Å². The molecule has 0 aromatic heterocycles. The normalized spacial score (nSPS) is 22.2. The van der Waals surface area contributed by atoms with Crippen molar-refractivity contribution < 1.29 is 17.9 Å². The standard InChI is InChI=1S/C18H27N3O4S/c1-26(23,24)21-8-2-3-16(14-21)18(22)19-13-15-4-6-17(7-5-15)20-9-11-25-12-10-20/h4-7,16H,2-3,8-14H2,1H3,(H,19,22). The van der Waals surface area contributed by atoms with Gasteiger partial charge in [-0.2, -0.15) is 0 Å². The summed E-state index contributed by atoms with van der Waals surface area (Å²) in [5.74, 6) is -0.346. The molecule has 1 atom stereocenters. The summed E-state index contributed by atoms with van der Waals surface area (Å²) in [6.07, 6.45) is 2.65. The summed E-state index contributed by atoms with van der Waals surface area (Å²) in [5, 5.41) is 2.95. The lowest BCUT2D eigenvalue weighted by molar-refractivity contribution is -0.126. The highest BCUT2D eigenvalue weighted by atomic mass is 32.2. The number of ether oxygens (including phenoxy) is 1. The van der Waals surface area contributed by atoms with E-state index in [4.69, 9.17) is 4.74 Å². The van der Waals surface area contributed by atoms with Gasteiger partial charge in [0.1, 0.15) is 0 Å². The van der Waals surface area contributed by atoms with E-state index < -0.39 is 10.0 Å². The molecular formula is C18H27N3O4S. The van der Waals surface area contributed by atoms with Gasteiger partial charge < -0.3 is 15.0 Å². The third-order valence-electron chi connectivity index (χ3n) is 5.00. The van der Waals surface area contributed by atoms with Crippen molar-refractivity contribution >= 4 is 21.6 Å². The summed E-state index contributed by atoms with van der Waals surface area (Å²) in [6.45, 7) is 4.54. The Balaban J connectivity index is 1.51. The molecule has 2 saturated heterocycles. The summed E-state index contributed by atoms with van der Waals surface area (Å²) in [5.41, 5.74) is 2.20. The van der Waals surface area contributed by atoms with Gasteiger partial charge in [-0.15, -0.1) is 0 Å². The van der Waals surface area contributed by atoms with E-state index in [2.05, 4.69) is 22.3 Å². The molecule has 7 nitrogen and oxygen atoms in total. The van der Waals surface area contributed by atoms with Crippen molar-refractivity contribution in [3.63, 3.8) is 0 Å². The maximum Gasteiger partial charge on any atom is 0.224 e. The van der Waals surface area contributed by atoms with Crippen molar-refractivity contribution in [3.8, 4) is 0 Å². The molecule has 1 unspecified atom stereocenters. The maximum absolute atomic E-state index is 12.4. The van der Waals surface area contributed by atoms with Gasteiger partial charge in [0.05, 0.1) is 25.4 Å². The van der Waals surface area contributed by atoms with Gasteiger partial charge in [0.2, 0.25) is 15.9 Å². The van der Waals surface area contributed by atoms with Crippen LogP contribution in [-0.4, -0.2) is 64.3 Å². The molecule has 8 heteroatoms. The molecule has 0 saturated carbocycles.